The summed E-state index contributed by atoms with van der Waals surface area (Å²) in [5.41, 5.74) is 0.615. The fourth-order valence-electron chi connectivity index (χ4n) is 3.12. The van der Waals surface area contributed by atoms with Crippen LogP contribution in [0.2, 0.25) is 0 Å². The van der Waals surface area contributed by atoms with Crippen molar-refractivity contribution in [2.75, 3.05) is 13.1 Å². The molecule has 2 unspecified atom stereocenters. The van der Waals surface area contributed by atoms with E-state index in [1.54, 1.807) is 24.3 Å². The molecule has 0 spiro atoms. The molecule has 2 atom stereocenters. The fraction of sp³-hybridized carbons (Fsp3) is 0.500. The number of phenolic OH excluding ortho intramolecular Hbond substituents is 1. The average Bonchev–Trinajstić information content (AvgIpc) is 2.95. The van der Waals surface area contributed by atoms with Crippen molar-refractivity contribution in [3.63, 3.8) is 0 Å². The van der Waals surface area contributed by atoms with Crippen molar-refractivity contribution in [1.82, 2.24) is 10.2 Å². The second-order valence-corrected chi connectivity index (χ2v) is 5.16. The third-order valence-electron chi connectivity index (χ3n) is 4.05. The summed E-state index contributed by atoms with van der Waals surface area (Å²) in [7, 11) is 0. The minimum atomic E-state index is -0.0336. The van der Waals surface area contributed by atoms with Crippen LogP contribution in [0.5, 0.6) is 5.75 Å². The Morgan fingerprint density at radius 2 is 2.00 bits per heavy atom. The van der Waals surface area contributed by atoms with Gasteiger partial charge in [-0.25, -0.2) is 0 Å². The number of hydrogen-bond donors (Lipinski definition) is 2. The highest BCUT2D eigenvalue weighted by atomic mass is 16.3. The van der Waals surface area contributed by atoms with Crippen molar-refractivity contribution in [3.8, 4) is 5.75 Å². The minimum absolute atomic E-state index is 0.0336. The average molecular weight is 246 g/mol. The molecule has 1 aromatic rings. The summed E-state index contributed by atoms with van der Waals surface area (Å²) in [5.74, 6) is 0.156. The lowest BCUT2D eigenvalue weighted by Crippen LogP contribution is -2.42. The Kier molecular flexibility index (Phi) is 2.96. The molecule has 1 amide bonds. The number of benzene rings is 1. The Balaban J connectivity index is 1.66. The van der Waals surface area contributed by atoms with Crippen LogP contribution in [0.15, 0.2) is 24.3 Å². The number of hydrogen-bond acceptors (Lipinski definition) is 3. The highest BCUT2D eigenvalue weighted by Crippen LogP contribution is 2.28. The molecule has 0 aromatic heterocycles. The van der Waals surface area contributed by atoms with Gasteiger partial charge in [-0.05, 0) is 50.1 Å². The van der Waals surface area contributed by atoms with Crippen LogP contribution in [0, 0.1) is 0 Å². The zero-order chi connectivity index (χ0) is 12.5. The number of amides is 1. The van der Waals surface area contributed by atoms with Crippen LogP contribution in [0.1, 0.15) is 29.6 Å². The Labute approximate surface area is 107 Å². The quantitative estimate of drug-likeness (QED) is 0.828. The molecule has 4 nitrogen and oxygen atoms in total. The lowest BCUT2D eigenvalue weighted by atomic mass is 10.1. The van der Waals surface area contributed by atoms with Gasteiger partial charge in [0, 0.05) is 24.2 Å². The number of phenols is 1. The second-order valence-electron chi connectivity index (χ2n) is 5.16. The number of carbonyl (C=O) groups excluding carboxylic acids is 1. The lowest BCUT2D eigenvalue weighted by Gasteiger charge is -2.21. The molecule has 2 aliphatic rings. The summed E-state index contributed by atoms with van der Waals surface area (Å²) in [6.45, 7) is 2.28. The number of rotatable bonds is 2. The molecule has 2 heterocycles. The summed E-state index contributed by atoms with van der Waals surface area (Å²) in [6, 6.07) is 7.23. The Bertz CT molecular complexity index is 444. The molecule has 0 saturated carbocycles. The first-order valence-electron chi connectivity index (χ1n) is 6.58. The molecule has 96 valence electrons. The predicted molar refractivity (Wildman–Crippen MR) is 68.6 cm³/mol. The van der Waals surface area contributed by atoms with Gasteiger partial charge in [0.25, 0.3) is 5.91 Å². The Morgan fingerprint density at radius 1 is 1.22 bits per heavy atom. The molecule has 2 fully saturated rings. The largest absolute Gasteiger partial charge is 0.508 e. The van der Waals surface area contributed by atoms with E-state index in [-0.39, 0.29) is 17.7 Å². The van der Waals surface area contributed by atoms with E-state index in [9.17, 15) is 9.90 Å². The topological polar surface area (TPSA) is 52.6 Å². The van der Waals surface area contributed by atoms with Gasteiger partial charge in [-0.3, -0.25) is 9.69 Å². The standard InChI is InChI=1S/C14H18N2O2/c17-11-5-3-10(4-6-11)14(18)15-12-7-9-16-8-1-2-13(12)16/h3-6,12-13,17H,1-2,7-9H2,(H,15,18). The van der Waals surface area contributed by atoms with Gasteiger partial charge in [-0.2, -0.15) is 0 Å². The van der Waals surface area contributed by atoms with Crippen LogP contribution < -0.4 is 5.32 Å². The number of fused-ring (bicyclic) bond motifs is 1. The Morgan fingerprint density at radius 3 is 2.78 bits per heavy atom. The van der Waals surface area contributed by atoms with Crippen LogP contribution in [0.25, 0.3) is 0 Å². The number of aromatic hydroxyl groups is 1. The Hall–Kier alpha value is -1.55. The molecular weight excluding hydrogens is 228 g/mol. The molecule has 0 aliphatic carbocycles. The molecule has 2 saturated heterocycles. The van der Waals surface area contributed by atoms with Gasteiger partial charge in [-0.15, -0.1) is 0 Å². The van der Waals surface area contributed by atoms with E-state index in [2.05, 4.69) is 10.2 Å². The number of nitrogens with zero attached hydrogens (tertiary/aromatic N) is 1. The van der Waals surface area contributed by atoms with Crippen molar-refractivity contribution in [2.24, 2.45) is 0 Å². The maximum Gasteiger partial charge on any atom is 0.251 e. The van der Waals surface area contributed by atoms with E-state index in [0.29, 0.717) is 11.6 Å². The van der Waals surface area contributed by atoms with Gasteiger partial charge in [0.2, 0.25) is 0 Å². The van der Waals surface area contributed by atoms with Crippen molar-refractivity contribution in [2.45, 2.75) is 31.3 Å². The summed E-state index contributed by atoms with van der Waals surface area (Å²) in [4.78, 5) is 14.6. The first-order chi connectivity index (χ1) is 8.74. The highest BCUT2D eigenvalue weighted by molar-refractivity contribution is 5.94. The molecule has 18 heavy (non-hydrogen) atoms. The molecular formula is C14H18N2O2. The van der Waals surface area contributed by atoms with Crippen molar-refractivity contribution in [3.05, 3.63) is 29.8 Å². The van der Waals surface area contributed by atoms with Gasteiger partial charge in [0.15, 0.2) is 0 Å². The van der Waals surface area contributed by atoms with E-state index in [0.717, 1.165) is 13.0 Å². The van der Waals surface area contributed by atoms with Crippen molar-refractivity contribution >= 4 is 5.91 Å². The van der Waals surface area contributed by atoms with E-state index >= 15 is 0 Å². The number of carbonyl (C=O) groups is 1. The van der Waals surface area contributed by atoms with Crippen LogP contribution >= 0.6 is 0 Å². The molecule has 1 aromatic carbocycles. The van der Waals surface area contributed by atoms with E-state index in [1.165, 1.54) is 19.4 Å². The first kappa shape index (κ1) is 11.5. The SMILES string of the molecule is O=C(NC1CCN2CCCC12)c1ccc(O)cc1. The van der Waals surface area contributed by atoms with Gasteiger partial charge < -0.3 is 10.4 Å². The highest BCUT2D eigenvalue weighted by Gasteiger charge is 2.37. The molecule has 0 radical (unpaired) electrons. The van der Waals surface area contributed by atoms with Gasteiger partial charge in [-0.1, -0.05) is 0 Å². The normalized spacial score (nSPS) is 27.1. The van der Waals surface area contributed by atoms with E-state index in [1.807, 2.05) is 0 Å². The molecule has 2 aliphatic heterocycles. The van der Waals surface area contributed by atoms with Gasteiger partial charge >= 0.3 is 0 Å². The smallest absolute Gasteiger partial charge is 0.251 e. The van der Waals surface area contributed by atoms with Crippen molar-refractivity contribution < 1.29 is 9.90 Å². The summed E-state index contributed by atoms with van der Waals surface area (Å²) >= 11 is 0. The monoisotopic (exact) mass is 246 g/mol. The maximum absolute atomic E-state index is 12.1. The van der Waals surface area contributed by atoms with E-state index < -0.39 is 0 Å². The molecule has 0 bridgehead atoms. The van der Waals surface area contributed by atoms with Crippen LogP contribution in [0.4, 0.5) is 0 Å². The summed E-state index contributed by atoms with van der Waals surface area (Å²) in [5, 5.41) is 12.3. The third kappa shape index (κ3) is 2.08. The molecule has 4 heteroatoms. The van der Waals surface area contributed by atoms with E-state index in [4.69, 9.17) is 0 Å². The van der Waals surface area contributed by atoms with Crippen LogP contribution in [-0.2, 0) is 0 Å². The molecule has 3 rings (SSSR count). The zero-order valence-corrected chi connectivity index (χ0v) is 10.3. The van der Waals surface area contributed by atoms with Gasteiger partial charge in [0.1, 0.15) is 5.75 Å². The first-order valence-corrected chi connectivity index (χ1v) is 6.58. The van der Waals surface area contributed by atoms with Crippen molar-refractivity contribution in [1.29, 1.82) is 0 Å². The van der Waals surface area contributed by atoms with Crippen LogP contribution in [0.3, 0.4) is 0 Å². The summed E-state index contributed by atoms with van der Waals surface area (Å²) in [6.07, 6.45) is 3.49. The summed E-state index contributed by atoms with van der Waals surface area (Å²) < 4.78 is 0. The zero-order valence-electron chi connectivity index (χ0n) is 10.3. The van der Waals surface area contributed by atoms with Gasteiger partial charge in [0.05, 0.1) is 0 Å². The minimum Gasteiger partial charge on any atom is -0.508 e. The van der Waals surface area contributed by atoms with Crippen LogP contribution in [-0.4, -0.2) is 41.1 Å². The predicted octanol–water partition coefficient (Wildman–Crippen LogP) is 1.36. The maximum atomic E-state index is 12.1. The lowest BCUT2D eigenvalue weighted by molar-refractivity contribution is 0.0929. The third-order valence-corrected chi connectivity index (χ3v) is 4.05. The second kappa shape index (κ2) is 4.61. The number of nitrogens with one attached hydrogen (secondary N) is 1. The molecule has 2 N–H and O–H groups in total. The fourth-order valence-corrected chi connectivity index (χ4v) is 3.12.